The van der Waals surface area contributed by atoms with Crippen LogP contribution in [0, 0.1) is 29.6 Å². The highest BCUT2D eigenvalue weighted by Crippen LogP contribution is 2.54. The van der Waals surface area contributed by atoms with Gasteiger partial charge in [0.2, 0.25) is 11.8 Å². The van der Waals surface area contributed by atoms with Gasteiger partial charge >= 0.3 is 0 Å². The molecule has 1 saturated carbocycles. The van der Waals surface area contributed by atoms with Crippen LogP contribution in [0.3, 0.4) is 0 Å². The number of rotatable bonds is 8. The number of amides is 2. The molecule has 3 aliphatic heterocycles. The van der Waals surface area contributed by atoms with Gasteiger partial charge in [-0.3, -0.25) is 14.5 Å². The Bertz CT molecular complexity index is 778. The van der Waals surface area contributed by atoms with Crippen LogP contribution >= 0.6 is 0 Å². The van der Waals surface area contributed by atoms with Crippen molar-refractivity contribution in [1.82, 2.24) is 15.5 Å². The van der Waals surface area contributed by atoms with E-state index in [9.17, 15) is 9.59 Å². The number of nitrogens with one attached hydrogen (secondary N) is 2. The molecule has 5 nitrogen and oxygen atoms in total. The Kier molecular flexibility index (Phi) is 5.93. The molecule has 1 aromatic rings. The molecule has 1 aliphatic carbocycles. The van der Waals surface area contributed by atoms with Gasteiger partial charge in [-0.05, 0) is 49.1 Å². The Morgan fingerprint density at radius 2 is 1.93 bits per heavy atom. The molecule has 4 aliphatic rings. The van der Waals surface area contributed by atoms with E-state index in [0.29, 0.717) is 24.3 Å². The predicted octanol–water partition coefficient (Wildman–Crippen LogP) is 3.20. The third kappa shape index (κ3) is 3.77. The van der Waals surface area contributed by atoms with Crippen LogP contribution in [0.2, 0.25) is 0 Å². The van der Waals surface area contributed by atoms with Crippen molar-refractivity contribution in [2.45, 2.75) is 65.1 Å². The van der Waals surface area contributed by atoms with Crippen LogP contribution in [-0.4, -0.2) is 41.4 Å². The van der Waals surface area contributed by atoms with Crippen molar-refractivity contribution < 1.29 is 9.59 Å². The Morgan fingerprint density at radius 3 is 2.60 bits per heavy atom. The molecule has 1 aromatic carbocycles. The van der Waals surface area contributed by atoms with Gasteiger partial charge in [-0.15, -0.1) is 0 Å². The summed E-state index contributed by atoms with van der Waals surface area (Å²) < 4.78 is 0. The van der Waals surface area contributed by atoms with E-state index in [1.807, 2.05) is 30.3 Å². The Morgan fingerprint density at radius 1 is 1.20 bits per heavy atom. The summed E-state index contributed by atoms with van der Waals surface area (Å²) in [5, 5.41) is 6.40. The number of carbonyl (C=O) groups excluding carboxylic acids is 2. The average Bonchev–Trinajstić information content (AvgIpc) is 3.02. The highest BCUT2D eigenvalue weighted by molar-refractivity contribution is 5.96. The van der Waals surface area contributed by atoms with Crippen LogP contribution in [0.15, 0.2) is 30.3 Å². The molecule has 0 aromatic heterocycles. The summed E-state index contributed by atoms with van der Waals surface area (Å²) in [4.78, 5) is 29.3. The van der Waals surface area contributed by atoms with Crippen LogP contribution in [0.5, 0.6) is 0 Å². The van der Waals surface area contributed by atoms with Crippen LogP contribution in [0.4, 0.5) is 0 Å². The van der Waals surface area contributed by atoms with Gasteiger partial charge in [-0.2, -0.15) is 0 Å². The minimum atomic E-state index is -0.771. The number of benzene rings is 1. The zero-order valence-corrected chi connectivity index (χ0v) is 18.9. The average molecular weight is 412 g/mol. The highest BCUT2D eigenvalue weighted by Gasteiger charge is 2.67. The van der Waals surface area contributed by atoms with Crippen molar-refractivity contribution in [2.75, 3.05) is 13.1 Å². The van der Waals surface area contributed by atoms with Crippen LogP contribution < -0.4 is 10.6 Å². The van der Waals surface area contributed by atoms with E-state index in [1.54, 1.807) is 0 Å². The summed E-state index contributed by atoms with van der Waals surface area (Å²) in [5.74, 6) is 1.73. The topological polar surface area (TPSA) is 61.4 Å². The molecular weight excluding hydrogens is 374 g/mol. The van der Waals surface area contributed by atoms with Gasteiger partial charge < -0.3 is 10.6 Å². The van der Waals surface area contributed by atoms with Crippen molar-refractivity contribution in [3.05, 3.63) is 35.9 Å². The summed E-state index contributed by atoms with van der Waals surface area (Å²) >= 11 is 0. The van der Waals surface area contributed by atoms with Crippen molar-refractivity contribution in [3.8, 4) is 0 Å². The number of carbonyl (C=O) groups is 2. The second-order valence-electron chi connectivity index (χ2n) is 10.5. The van der Waals surface area contributed by atoms with Crippen molar-refractivity contribution in [2.24, 2.45) is 29.6 Å². The molecule has 0 unspecified atom stereocenters. The van der Waals surface area contributed by atoms with Crippen LogP contribution in [-0.2, 0) is 16.1 Å². The van der Waals surface area contributed by atoms with E-state index >= 15 is 0 Å². The van der Waals surface area contributed by atoms with Crippen molar-refractivity contribution in [3.63, 3.8) is 0 Å². The Hall–Kier alpha value is -1.88. The van der Waals surface area contributed by atoms with Crippen LogP contribution in [0.25, 0.3) is 0 Å². The number of nitrogens with zero attached hydrogens (tertiary/aromatic N) is 1. The Labute approximate surface area is 181 Å². The van der Waals surface area contributed by atoms with Crippen molar-refractivity contribution >= 4 is 11.8 Å². The molecule has 5 rings (SSSR count). The number of piperidine rings is 2. The molecule has 0 spiro atoms. The van der Waals surface area contributed by atoms with Gasteiger partial charge in [0.15, 0.2) is 0 Å². The Balaban J connectivity index is 1.60. The zero-order valence-electron chi connectivity index (χ0n) is 18.9. The third-order valence-electron chi connectivity index (χ3n) is 7.46. The van der Waals surface area contributed by atoms with E-state index in [4.69, 9.17) is 0 Å². The molecule has 3 saturated heterocycles. The van der Waals surface area contributed by atoms with Gasteiger partial charge in [0.25, 0.3) is 0 Å². The SMILES string of the molecule is CC(C)CCN1C[C@H]2C[C@]3(C(=O)NCc4ccccc4)NC(=O)[C@H]2[C@H]1[C@@H]3CC(C)C. The molecule has 2 amide bonds. The molecular formula is C25H37N3O2. The molecule has 164 valence electrons. The number of fused-ring (bicyclic) bond motifs is 1. The van der Waals surface area contributed by atoms with E-state index in [1.165, 1.54) is 0 Å². The third-order valence-corrected chi connectivity index (χ3v) is 7.46. The first-order valence-electron chi connectivity index (χ1n) is 11.7. The first kappa shape index (κ1) is 21.4. The van der Waals surface area contributed by atoms with Gasteiger partial charge in [0.05, 0.1) is 5.92 Å². The van der Waals surface area contributed by atoms with Crippen molar-refractivity contribution in [1.29, 1.82) is 0 Å². The van der Waals surface area contributed by atoms with Crippen LogP contribution in [0.1, 0.15) is 52.5 Å². The second kappa shape index (κ2) is 8.33. The molecule has 4 bridgehead atoms. The summed E-state index contributed by atoms with van der Waals surface area (Å²) in [6, 6.07) is 10.2. The summed E-state index contributed by atoms with van der Waals surface area (Å²) in [6.07, 6.45) is 2.88. The van der Waals surface area contributed by atoms with Gasteiger partial charge in [-0.25, -0.2) is 0 Å². The molecule has 0 radical (unpaired) electrons. The number of likely N-dealkylation sites (tertiary alicyclic amines) is 1. The summed E-state index contributed by atoms with van der Waals surface area (Å²) in [5.41, 5.74) is 0.312. The molecule has 5 heteroatoms. The number of hydrogen-bond donors (Lipinski definition) is 2. The van der Waals surface area contributed by atoms with E-state index in [-0.39, 0.29) is 29.7 Å². The fourth-order valence-corrected chi connectivity index (χ4v) is 6.18. The first-order valence-corrected chi connectivity index (χ1v) is 11.7. The first-order chi connectivity index (χ1) is 14.3. The zero-order chi connectivity index (χ0) is 21.5. The van der Waals surface area contributed by atoms with E-state index in [0.717, 1.165) is 37.9 Å². The smallest absolute Gasteiger partial charge is 0.246 e. The lowest BCUT2D eigenvalue weighted by Crippen LogP contribution is -2.76. The second-order valence-corrected chi connectivity index (χ2v) is 10.5. The van der Waals surface area contributed by atoms with Gasteiger partial charge in [-0.1, -0.05) is 58.0 Å². The molecule has 3 heterocycles. The quantitative estimate of drug-likeness (QED) is 0.691. The maximum Gasteiger partial charge on any atom is 0.246 e. The maximum absolute atomic E-state index is 13.6. The monoisotopic (exact) mass is 411 g/mol. The summed E-state index contributed by atoms with van der Waals surface area (Å²) in [6.45, 7) is 11.4. The van der Waals surface area contributed by atoms with Gasteiger partial charge in [0.1, 0.15) is 5.54 Å². The molecule has 2 N–H and O–H groups in total. The van der Waals surface area contributed by atoms with Gasteiger partial charge in [0, 0.05) is 25.0 Å². The number of hydrogen-bond acceptors (Lipinski definition) is 3. The standard InChI is InChI=1S/C25H37N3O2/c1-16(2)10-11-28-15-19-13-25(24(30)26-14-18-8-6-5-7-9-18)20(12-17(3)4)22(28)21(19)23(29)27-25/h5-9,16-17,19-22H,10-15H2,1-4H3,(H,26,30)(H,27,29)/t19-,20+,21-,22-,25+/m1/s1. The normalized spacial score (nSPS) is 32.7. The fraction of sp³-hybridized carbons (Fsp3) is 0.680. The lowest BCUT2D eigenvalue weighted by Gasteiger charge is -2.55. The van der Waals surface area contributed by atoms with E-state index in [2.05, 4.69) is 43.2 Å². The lowest BCUT2D eigenvalue weighted by molar-refractivity contribution is -0.155. The maximum atomic E-state index is 13.6. The predicted molar refractivity (Wildman–Crippen MR) is 119 cm³/mol. The lowest BCUT2D eigenvalue weighted by atomic mass is 9.57. The fourth-order valence-electron chi connectivity index (χ4n) is 6.18. The molecule has 4 fully saturated rings. The molecule has 30 heavy (non-hydrogen) atoms. The van der Waals surface area contributed by atoms with E-state index < -0.39 is 5.54 Å². The highest BCUT2D eigenvalue weighted by atomic mass is 16.2. The minimum absolute atomic E-state index is 0.00390. The summed E-state index contributed by atoms with van der Waals surface area (Å²) in [7, 11) is 0. The molecule has 5 atom stereocenters. The largest absolute Gasteiger partial charge is 0.350 e. The minimum Gasteiger partial charge on any atom is -0.350 e.